The summed E-state index contributed by atoms with van der Waals surface area (Å²) in [5.41, 5.74) is 3.62. The molecule has 1 N–H and O–H groups in total. The van der Waals surface area contributed by atoms with Crippen LogP contribution in [0, 0.1) is 0 Å². The normalized spacial score (nSPS) is 18.6. The molecule has 5 rings (SSSR count). The molecule has 40 heavy (non-hydrogen) atoms. The van der Waals surface area contributed by atoms with Crippen LogP contribution < -0.4 is 19.3 Å². The van der Waals surface area contributed by atoms with E-state index in [0.29, 0.717) is 41.5 Å². The number of nitrogens with zero attached hydrogens (tertiary/aromatic N) is 2. The maximum atomic E-state index is 13.6. The molecule has 3 aromatic carbocycles. The van der Waals surface area contributed by atoms with Crippen LogP contribution in [0.1, 0.15) is 57.4 Å². The minimum absolute atomic E-state index is 0.00364. The number of amides is 1. The van der Waals surface area contributed by atoms with Gasteiger partial charge in [0.25, 0.3) is 11.7 Å². The number of Topliss-reactive ketones (excluding diaryl/α,β-unsaturated/α-hetero) is 1. The number of likely N-dealkylation sites (N-methyl/N-ethyl adjacent to an activating group) is 1. The van der Waals surface area contributed by atoms with Crippen LogP contribution in [0.15, 0.2) is 72.3 Å². The first kappa shape index (κ1) is 27.3. The number of fused-ring (bicyclic) bond motifs is 1. The van der Waals surface area contributed by atoms with Crippen molar-refractivity contribution in [1.29, 1.82) is 0 Å². The lowest BCUT2D eigenvalue weighted by Crippen LogP contribution is -2.29. The summed E-state index contributed by atoms with van der Waals surface area (Å²) in [5.74, 6) is -0.241. The van der Waals surface area contributed by atoms with Gasteiger partial charge in [-0.05, 0) is 72.9 Å². The zero-order valence-corrected chi connectivity index (χ0v) is 23.9. The van der Waals surface area contributed by atoms with Crippen molar-refractivity contribution in [2.24, 2.45) is 0 Å². The van der Waals surface area contributed by atoms with Crippen molar-refractivity contribution in [1.82, 2.24) is 0 Å². The van der Waals surface area contributed by atoms with E-state index in [2.05, 4.69) is 20.8 Å². The summed E-state index contributed by atoms with van der Waals surface area (Å²) in [5, 5.41) is 11.6. The summed E-state index contributed by atoms with van der Waals surface area (Å²) in [6.07, 6.45) is 0.00364. The molecule has 0 saturated carbocycles. The lowest BCUT2D eigenvalue weighted by atomic mass is 9.87. The minimum atomic E-state index is -0.821. The van der Waals surface area contributed by atoms with E-state index >= 15 is 0 Å². The minimum Gasteiger partial charge on any atom is -0.507 e. The van der Waals surface area contributed by atoms with Crippen LogP contribution in [0.2, 0.25) is 0 Å². The molecule has 2 aliphatic heterocycles. The number of benzene rings is 3. The number of anilines is 2. The molecule has 7 heteroatoms. The van der Waals surface area contributed by atoms with Gasteiger partial charge in [-0.25, -0.2) is 0 Å². The Morgan fingerprint density at radius 2 is 1.68 bits per heavy atom. The highest BCUT2D eigenvalue weighted by atomic mass is 16.5. The monoisotopic (exact) mass is 540 g/mol. The molecule has 208 valence electrons. The van der Waals surface area contributed by atoms with Crippen molar-refractivity contribution in [2.75, 3.05) is 30.0 Å². The molecule has 1 amide bonds. The fraction of sp³-hybridized carbons (Fsp3) is 0.333. The number of rotatable bonds is 5. The van der Waals surface area contributed by atoms with Crippen LogP contribution in [-0.2, 0) is 15.0 Å². The number of aliphatic hydroxyl groups excluding tert-OH is 1. The number of hydrogen-bond donors (Lipinski definition) is 1. The first-order chi connectivity index (χ1) is 19.0. The Morgan fingerprint density at radius 1 is 1.00 bits per heavy atom. The Labute approximate surface area is 235 Å². The van der Waals surface area contributed by atoms with E-state index in [-0.39, 0.29) is 22.9 Å². The fourth-order valence-corrected chi connectivity index (χ4v) is 5.19. The fourth-order valence-electron chi connectivity index (χ4n) is 5.19. The van der Waals surface area contributed by atoms with Crippen LogP contribution in [-0.4, -0.2) is 43.1 Å². The summed E-state index contributed by atoms with van der Waals surface area (Å²) in [6, 6.07) is 19.5. The van der Waals surface area contributed by atoms with Gasteiger partial charge >= 0.3 is 0 Å². The van der Waals surface area contributed by atoms with Crippen LogP contribution >= 0.6 is 0 Å². The number of ether oxygens (including phenoxy) is 2. The van der Waals surface area contributed by atoms with E-state index in [9.17, 15) is 14.7 Å². The molecule has 1 fully saturated rings. The molecule has 1 unspecified atom stereocenters. The maximum absolute atomic E-state index is 13.6. The van der Waals surface area contributed by atoms with Crippen molar-refractivity contribution in [3.05, 3.63) is 89.0 Å². The molecular weight excluding hydrogens is 504 g/mol. The molecule has 0 bridgehead atoms. The van der Waals surface area contributed by atoms with Gasteiger partial charge in [-0.1, -0.05) is 45.0 Å². The molecule has 3 aromatic rings. The SMILES string of the molecule is CC(C)Oc1ccc(C2/C(=C(/O)c3ccc4c(c3)N(C)CCO4)C(=O)C(=O)N2c2ccc(C(C)(C)C)cc2)cc1. The topological polar surface area (TPSA) is 79.3 Å². The third kappa shape index (κ3) is 5.04. The molecule has 1 saturated heterocycles. The van der Waals surface area contributed by atoms with E-state index in [1.54, 1.807) is 18.2 Å². The van der Waals surface area contributed by atoms with Gasteiger partial charge in [0.1, 0.15) is 23.9 Å². The lowest BCUT2D eigenvalue weighted by molar-refractivity contribution is -0.132. The van der Waals surface area contributed by atoms with E-state index in [1.807, 2.05) is 74.3 Å². The largest absolute Gasteiger partial charge is 0.507 e. The number of hydrogen-bond acceptors (Lipinski definition) is 6. The second-order valence-corrected chi connectivity index (χ2v) is 11.7. The number of aliphatic hydroxyl groups is 1. The van der Waals surface area contributed by atoms with Gasteiger partial charge in [0.15, 0.2) is 0 Å². The summed E-state index contributed by atoms with van der Waals surface area (Å²) in [6.45, 7) is 11.5. The standard InChI is InChI=1S/C33H36N2O5/c1-20(2)40-25-14-7-21(8-15-25)29-28(30(36)22-9-16-27-26(19-22)34(6)17-18-39-27)31(37)32(38)35(29)24-12-10-23(11-13-24)33(3,4)5/h7-16,19-20,29,36H,17-18H2,1-6H3/b30-28-. The molecule has 0 radical (unpaired) electrons. The summed E-state index contributed by atoms with van der Waals surface area (Å²) < 4.78 is 11.6. The zero-order chi connectivity index (χ0) is 28.8. The maximum Gasteiger partial charge on any atom is 0.300 e. The Morgan fingerprint density at radius 3 is 2.30 bits per heavy atom. The van der Waals surface area contributed by atoms with E-state index < -0.39 is 17.7 Å². The van der Waals surface area contributed by atoms with Crippen molar-refractivity contribution in [2.45, 2.75) is 52.2 Å². The van der Waals surface area contributed by atoms with Gasteiger partial charge in [-0.2, -0.15) is 0 Å². The van der Waals surface area contributed by atoms with E-state index in [0.717, 1.165) is 11.3 Å². The molecule has 0 spiro atoms. The molecule has 2 aliphatic rings. The highest BCUT2D eigenvalue weighted by molar-refractivity contribution is 6.51. The van der Waals surface area contributed by atoms with Crippen molar-refractivity contribution >= 4 is 28.8 Å². The van der Waals surface area contributed by atoms with Crippen molar-refractivity contribution in [3.8, 4) is 11.5 Å². The van der Waals surface area contributed by atoms with E-state index in [1.165, 1.54) is 4.90 Å². The molecule has 2 heterocycles. The van der Waals surface area contributed by atoms with Crippen LogP contribution in [0.3, 0.4) is 0 Å². The quantitative estimate of drug-likeness (QED) is 0.235. The predicted molar refractivity (Wildman–Crippen MR) is 157 cm³/mol. The number of carbonyl (C=O) groups excluding carboxylic acids is 2. The Hall–Kier alpha value is -4.26. The van der Waals surface area contributed by atoms with Crippen LogP contribution in [0.25, 0.3) is 5.76 Å². The van der Waals surface area contributed by atoms with Gasteiger partial charge in [-0.3, -0.25) is 14.5 Å². The molecule has 0 aliphatic carbocycles. The highest BCUT2D eigenvalue weighted by Gasteiger charge is 2.47. The van der Waals surface area contributed by atoms with Gasteiger partial charge in [-0.15, -0.1) is 0 Å². The number of carbonyl (C=O) groups is 2. The average Bonchev–Trinajstić information content (AvgIpc) is 3.18. The summed E-state index contributed by atoms with van der Waals surface area (Å²) in [7, 11) is 1.95. The Kier molecular flexibility index (Phi) is 7.08. The van der Waals surface area contributed by atoms with Crippen molar-refractivity contribution in [3.63, 3.8) is 0 Å². The average molecular weight is 541 g/mol. The smallest absolute Gasteiger partial charge is 0.300 e. The first-order valence-electron chi connectivity index (χ1n) is 13.6. The van der Waals surface area contributed by atoms with Gasteiger partial charge in [0.05, 0.1) is 30.0 Å². The summed E-state index contributed by atoms with van der Waals surface area (Å²) >= 11 is 0. The number of ketones is 1. The molecule has 0 aromatic heterocycles. The zero-order valence-electron chi connectivity index (χ0n) is 23.9. The van der Waals surface area contributed by atoms with Crippen LogP contribution in [0.5, 0.6) is 11.5 Å². The lowest BCUT2D eigenvalue weighted by Gasteiger charge is -2.28. The first-order valence-corrected chi connectivity index (χ1v) is 13.6. The van der Waals surface area contributed by atoms with E-state index in [4.69, 9.17) is 9.47 Å². The molecular formula is C33H36N2O5. The second-order valence-electron chi connectivity index (χ2n) is 11.7. The van der Waals surface area contributed by atoms with Crippen LogP contribution in [0.4, 0.5) is 11.4 Å². The van der Waals surface area contributed by atoms with Gasteiger partial charge in [0, 0.05) is 18.3 Å². The third-order valence-corrected chi connectivity index (χ3v) is 7.35. The Balaban J connectivity index is 1.65. The summed E-state index contributed by atoms with van der Waals surface area (Å²) in [4.78, 5) is 30.7. The predicted octanol–water partition coefficient (Wildman–Crippen LogP) is 6.23. The molecule has 7 nitrogen and oxygen atoms in total. The highest BCUT2D eigenvalue weighted by Crippen LogP contribution is 2.44. The van der Waals surface area contributed by atoms with Gasteiger partial charge < -0.3 is 19.5 Å². The second kappa shape index (κ2) is 10.4. The third-order valence-electron chi connectivity index (χ3n) is 7.35. The molecule has 1 atom stereocenters. The van der Waals surface area contributed by atoms with Crippen molar-refractivity contribution < 1.29 is 24.2 Å². The van der Waals surface area contributed by atoms with Gasteiger partial charge in [0.2, 0.25) is 0 Å². The Bertz CT molecular complexity index is 1470.